The van der Waals surface area contributed by atoms with Gasteiger partial charge in [-0.3, -0.25) is 0 Å². The molecule has 6 heteroatoms. The maximum Gasteiger partial charge on any atom is 0.266 e. The first-order chi connectivity index (χ1) is 12.8. The van der Waals surface area contributed by atoms with Crippen molar-refractivity contribution in [1.82, 2.24) is 0 Å². The summed E-state index contributed by atoms with van der Waals surface area (Å²) >= 11 is 0. The Hall–Kier alpha value is -1.89. The van der Waals surface area contributed by atoms with E-state index in [1.165, 1.54) is 4.31 Å². The normalized spacial score (nSPS) is 20.0. The van der Waals surface area contributed by atoms with Gasteiger partial charge in [-0.15, -0.1) is 0 Å². The first-order valence-electron chi connectivity index (χ1n) is 9.56. The number of nitrogens with zero attached hydrogens (tertiary/aromatic N) is 2. The van der Waals surface area contributed by atoms with Gasteiger partial charge >= 0.3 is 0 Å². The van der Waals surface area contributed by atoms with Gasteiger partial charge in [0, 0.05) is 5.56 Å². The Morgan fingerprint density at radius 1 is 0.963 bits per heavy atom. The Morgan fingerprint density at radius 2 is 1.52 bits per heavy atom. The highest BCUT2D eigenvalue weighted by atomic mass is 32.2. The van der Waals surface area contributed by atoms with Crippen LogP contribution in [-0.4, -0.2) is 43.9 Å². The number of fused-ring (bicyclic) bond motifs is 1. The zero-order valence-electron chi connectivity index (χ0n) is 16.5. The van der Waals surface area contributed by atoms with Crippen LogP contribution in [-0.2, 0) is 10.0 Å². The zero-order valence-corrected chi connectivity index (χ0v) is 17.3. The molecule has 0 aromatic heterocycles. The third kappa shape index (κ3) is 3.06. The number of hydrogen-bond donors (Lipinski definition) is 1. The van der Waals surface area contributed by atoms with Crippen molar-refractivity contribution in [3.63, 3.8) is 0 Å². The van der Waals surface area contributed by atoms with Crippen molar-refractivity contribution in [2.45, 2.75) is 44.9 Å². The van der Waals surface area contributed by atoms with E-state index in [4.69, 9.17) is 0 Å². The largest absolute Gasteiger partial charge is 0.367 e. The van der Waals surface area contributed by atoms with Crippen LogP contribution >= 0.6 is 0 Å². The van der Waals surface area contributed by atoms with Gasteiger partial charge < -0.3 is 9.59 Å². The Balaban J connectivity index is 2.17. The summed E-state index contributed by atoms with van der Waals surface area (Å²) in [6, 6.07) is 13.9. The third-order valence-electron chi connectivity index (χ3n) is 6.07. The van der Waals surface area contributed by atoms with Crippen LogP contribution in [0.4, 0.5) is 5.69 Å². The molecule has 0 radical (unpaired) electrons. The summed E-state index contributed by atoms with van der Waals surface area (Å²) in [4.78, 5) is 0.199. The Labute approximate surface area is 162 Å². The molecule has 146 valence electrons. The summed E-state index contributed by atoms with van der Waals surface area (Å²) in [5.74, 6) is 0. The van der Waals surface area contributed by atoms with Crippen molar-refractivity contribution in [2.24, 2.45) is 0 Å². The van der Waals surface area contributed by atoms with E-state index in [0.29, 0.717) is 10.2 Å². The van der Waals surface area contributed by atoms with Crippen LogP contribution < -0.4 is 4.31 Å². The highest BCUT2D eigenvalue weighted by molar-refractivity contribution is 7.92. The molecular formula is C21H29N2O3S+. The molecule has 0 saturated carbocycles. The van der Waals surface area contributed by atoms with Gasteiger partial charge in [-0.25, -0.2) is 12.7 Å². The van der Waals surface area contributed by atoms with E-state index in [9.17, 15) is 13.5 Å². The number of hydrogen-bond acceptors (Lipinski definition) is 3. The number of aryl methyl sites for hydroxylation is 1. The van der Waals surface area contributed by atoms with Crippen LogP contribution in [0.1, 0.15) is 37.9 Å². The molecule has 0 amide bonds. The van der Waals surface area contributed by atoms with E-state index < -0.39 is 16.3 Å². The van der Waals surface area contributed by atoms with E-state index in [1.54, 1.807) is 30.3 Å². The summed E-state index contributed by atoms with van der Waals surface area (Å²) in [5.41, 5.74) is 2.47. The molecule has 3 rings (SSSR count). The number of aliphatic hydroxyl groups is 1. The van der Waals surface area contributed by atoms with Crippen molar-refractivity contribution in [2.75, 3.05) is 23.9 Å². The molecule has 1 aliphatic rings. The number of para-hydroxylation sites is 1. The van der Waals surface area contributed by atoms with E-state index in [-0.39, 0.29) is 10.9 Å². The summed E-state index contributed by atoms with van der Waals surface area (Å²) < 4.78 is 28.7. The monoisotopic (exact) mass is 389 g/mol. The maximum atomic E-state index is 13.4. The Kier molecular flexibility index (Phi) is 5.34. The number of quaternary nitrogens is 1. The molecule has 1 aliphatic heterocycles. The van der Waals surface area contributed by atoms with Crippen molar-refractivity contribution in [3.05, 3.63) is 59.7 Å². The van der Waals surface area contributed by atoms with Crippen molar-refractivity contribution in [1.29, 1.82) is 0 Å². The molecule has 1 N–H and O–H groups in total. The van der Waals surface area contributed by atoms with E-state index in [2.05, 4.69) is 20.8 Å². The number of rotatable bonds is 6. The first kappa shape index (κ1) is 19.9. The summed E-state index contributed by atoms with van der Waals surface area (Å²) in [7, 11) is -3.86. The first-order valence-corrected chi connectivity index (χ1v) is 11.0. The Morgan fingerprint density at radius 3 is 2.07 bits per heavy atom. The Bertz CT molecular complexity index is 897. The van der Waals surface area contributed by atoms with Crippen molar-refractivity contribution < 1.29 is 18.0 Å². The standard InChI is InChI=1S/C21H29N2O3S/c1-5-23(6-2,7-3)20-18-10-8-9-11-19(18)22(21(20)24)27(25,26)17-14-12-16(4)13-15-17/h8-15,20-21,24H,5-7H2,1-4H3/q+1/t20-,21+/m0/s1. The molecule has 2 atom stereocenters. The second-order valence-electron chi connectivity index (χ2n) is 7.20. The molecule has 0 unspecified atom stereocenters. The van der Waals surface area contributed by atoms with E-state index in [0.717, 1.165) is 30.8 Å². The number of sulfonamides is 1. The SMILES string of the molecule is CC[N+](CC)(CC)[C@H]1c2ccccc2N(S(=O)(=O)c2ccc(C)cc2)[C@@H]1O. The van der Waals surface area contributed by atoms with Crippen LogP contribution in [0, 0.1) is 6.92 Å². The number of benzene rings is 2. The average Bonchev–Trinajstić information content (AvgIpc) is 2.97. The van der Waals surface area contributed by atoms with Crippen LogP contribution in [0.25, 0.3) is 0 Å². The van der Waals surface area contributed by atoms with Gasteiger partial charge in [0.2, 0.25) is 0 Å². The third-order valence-corrected chi connectivity index (χ3v) is 7.87. The van der Waals surface area contributed by atoms with Gasteiger partial charge in [-0.1, -0.05) is 35.9 Å². The molecule has 0 aliphatic carbocycles. The molecule has 0 saturated heterocycles. The maximum absolute atomic E-state index is 13.4. The van der Waals surface area contributed by atoms with Gasteiger partial charge in [-0.05, 0) is 45.9 Å². The fraction of sp³-hybridized carbons (Fsp3) is 0.429. The fourth-order valence-electron chi connectivity index (χ4n) is 4.30. The van der Waals surface area contributed by atoms with Gasteiger partial charge in [0.05, 0.1) is 30.2 Å². The van der Waals surface area contributed by atoms with Crippen molar-refractivity contribution in [3.8, 4) is 0 Å². The smallest absolute Gasteiger partial charge is 0.266 e. The van der Waals surface area contributed by atoms with Crippen LogP contribution in [0.15, 0.2) is 53.4 Å². The minimum absolute atomic E-state index is 0.199. The van der Waals surface area contributed by atoms with Gasteiger partial charge in [0.25, 0.3) is 10.0 Å². The summed E-state index contributed by atoms with van der Waals surface area (Å²) in [6.45, 7) is 10.7. The molecular weight excluding hydrogens is 360 g/mol. The average molecular weight is 390 g/mol. The van der Waals surface area contributed by atoms with Crippen LogP contribution in [0.5, 0.6) is 0 Å². The highest BCUT2D eigenvalue weighted by Crippen LogP contribution is 2.47. The molecule has 27 heavy (non-hydrogen) atoms. The lowest BCUT2D eigenvalue weighted by atomic mass is 10.0. The number of aliphatic hydroxyl groups excluding tert-OH is 1. The minimum atomic E-state index is -3.86. The summed E-state index contributed by atoms with van der Waals surface area (Å²) in [5, 5.41) is 11.3. The lowest BCUT2D eigenvalue weighted by Gasteiger charge is -2.43. The summed E-state index contributed by atoms with van der Waals surface area (Å²) in [6.07, 6.45) is -1.13. The van der Waals surface area contributed by atoms with E-state index in [1.807, 2.05) is 25.1 Å². The van der Waals surface area contributed by atoms with Gasteiger partial charge in [0.1, 0.15) is 0 Å². The number of likely N-dealkylation sites (N-methyl/N-ethyl adjacent to an activating group) is 1. The molecule has 0 spiro atoms. The van der Waals surface area contributed by atoms with Gasteiger partial charge in [-0.2, -0.15) is 0 Å². The van der Waals surface area contributed by atoms with Crippen LogP contribution in [0.2, 0.25) is 0 Å². The highest BCUT2D eigenvalue weighted by Gasteiger charge is 2.52. The molecule has 0 bridgehead atoms. The molecule has 1 heterocycles. The molecule has 2 aromatic carbocycles. The second kappa shape index (κ2) is 7.26. The molecule has 0 fully saturated rings. The van der Waals surface area contributed by atoms with Crippen LogP contribution in [0.3, 0.4) is 0 Å². The predicted molar refractivity (Wildman–Crippen MR) is 108 cm³/mol. The topological polar surface area (TPSA) is 57.6 Å². The van der Waals surface area contributed by atoms with Crippen molar-refractivity contribution >= 4 is 15.7 Å². The fourth-order valence-corrected chi connectivity index (χ4v) is 5.84. The van der Waals surface area contributed by atoms with Gasteiger partial charge in [0.15, 0.2) is 12.3 Å². The lowest BCUT2D eigenvalue weighted by molar-refractivity contribution is -0.955. The molecule has 2 aromatic rings. The molecule has 5 nitrogen and oxygen atoms in total. The second-order valence-corrected chi connectivity index (χ2v) is 9.01. The van der Waals surface area contributed by atoms with E-state index >= 15 is 0 Å². The minimum Gasteiger partial charge on any atom is -0.367 e. The zero-order chi connectivity index (χ0) is 19.8. The number of anilines is 1. The predicted octanol–water partition coefficient (Wildman–Crippen LogP) is 3.44. The lowest BCUT2D eigenvalue weighted by Crippen LogP contribution is -2.55. The quantitative estimate of drug-likeness (QED) is 0.770.